The molecule has 0 spiro atoms. The van der Waals surface area contributed by atoms with Crippen LogP contribution in [0.1, 0.15) is 16.2 Å². The second-order valence-corrected chi connectivity index (χ2v) is 3.63. The van der Waals surface area contributed by atoms with Crippen molar-refractivity contribution < 1.29 is 9.32 Å². The van der Waals surface area contributed by atoms with Crippen molar-refractivity contribution in [2.24, 2.45) is 0 Å². The Balaban J connectivity index is 1.93. The van der Waals surface area contributed by atoms with E-state index in [2.05, 4.69) is 20.0 Å². The van der Waals surface area contributed by atoms with Crippen LogP contribution >= 0.6 is 11.3 Å². The van der Waals surface area contributed by atoms with E-state index in [0.29, 0.717) is 23.1 Å². The van der Waals surface area contributed by atoms with Crippen LogP contribution in [0.3, 0.4) is 0 Å². The molecule has 0 aliphatic rings. The van der Waals surface area contributed by atoms with Crippen LogP contribution in [0.5, 0.6) is 0 Å². The van der Waals surface area contributed by atoms with E-state index in [-0.39, 0.29) is 5.91 Å². The fraction of sp³-hybridized carbons (Fsp3) is 0.125. The average molecular weight is 224 g/mol. The molecule has 0 fully saturated rings. The molecule has 15 heavy (non-hydrogen) atoms. The molecule has 2 aromatic heterocycles. The van der Waals surface area contributed by atoms with E-state index in [9.17, 15) is 4.79 Å². The molecule has 0 aliphatic heterocycles. The maximum absolute atomic E-state index is 11.5. The van der Waals surface area contributed by atoms with Gasteiger partial charge in [-0.25, -0.2) is 4.98 Å². The molecule has 0 aromatic carbocycles. The zero-order valence-electron chi connectivity index (χ0n) is 7.64. The topological polar surface area (TPSA) is 94.0 Å². The Labute approximate surface area is 89.1 Å². The van der Waals surface area contributed by atoms with Crippen LogP contribution < -0.4 is 11.1 Å². The van der Waals surface area contributed by atoms with Crippen LogP contribution in [-0.4, -0.2) is 16.0 Å². The van der Waals surface area contributed by atoms with E-state index in [1.165, 1.54) is 17.6 Å². The van der Waals surface area contributed by atoms with Gasteiger partial charge >= 0.3 is 0 Å². The fourth-order valence-electron chi connectivity index (χ4n) is 0.982. The van der Waals surface area contributed by atoms with Crippen LogP contribution in [0.25, 0.3) is 0 Å². The summed E-state index contributed by atoms with van der Waals surface area (Å²) in [5, 5.41) is 8.28. The highest BCUT2D eigenvalue weighted by Gasteiger charge is 2.09. The summed E-state index contributed by atoms with van der Waals surface area (Å²) in [7, 11) is 0. The van der Waals surface area contributed by atoms with Gasteiger partial charge < -0.3 is 15.6 Å². The molecule has 0 saturated carbocycles. The summed E-state index contributed by atoms with van der Waals surface area (Å²) in [6.45, 7) is 0.312. The van der Waals surface area contributed by atoms with Gasteiger partial charge in [-0.05, 0) is 0 Å². The summed E-state index contributed by atoms with van der Waals surface area (Å²) >= 11 is 1.23. The molecule has 0 unspecified atom stereocenters. The Morgan fingerprint density at radius 3 is 3.13 bits per heavy atom. The van der Waals surface area contributed by atoms with Gasteiger partial charge in [0.15, 0.2) is 5.13 Å². The van der Waals surface area contributed by atoms with Crippen molar-refractivity contribution in [2.45, 2.75) is 6.54 Å². The number of thiazole rings is 1. The van der Waals surface area contributed by atoms with Gasteiger partial charge in [-0.2, -0.15) is 0 Å². The van der Waals surface area contributed by atoms with E-state index in [4.69, 9.17) is 5.73 Å². The number of anilines is 1. The van der Waals surface area contributed by atoms with Crippen LogP contribution in [0.4, 0.5) is 5.13 Å². The molecule has 1 amide bonds. The molecule has 3 N–H and O–H groups in total. The monoisotopic (exact) mass is 224 g/mol. The predicted octanol–water partition coefficient (Wildman–Crippen LogP) is 0.643. The SMILES string of the molecule is Nc1nc(C(=O)NCc2ccon2)cs1. The fourth-order valence-corrected chi connectivity index (χ4v) is 1.53. The first-order chi connectivity index (χ1) is 7.25. The number of carbonyl (C=O) groups is 1. The molecule has 0 bridgehead atoms. The normalized spacial score (nSPS) is 10.1. The van der Waals surface area contributed by atoms with Crippen molar-refractivity contribution in [3.05, 3.63) is 29.1 Å². The molecular weight excluding hydrogens is 216 g/mol. The smallest absolute Gasteiger partial charge is 0.271 e. The van der Waals surface area contributed by atoms with Gasteiger partial charge in [-0.1, -0.05) is 5.16 Å². The minimum absolute atomic E-state index is 0.272. The summed E-state index contributed by atoms with van der Waals surface area (Å²) in [5.41, 5.74) is 6.39. The summed E-state index contributed by atoms with van der Waals surface area (Å²) in [6.07, 6.45) is 1.45. The van der Waals surface area contributed by atoms with Crippen molar-refractivity contribution in [1.29, 1.82) is 0 Å². The van der Waals surface area contributed by atoms with Crippen LogP contribution in [0, 0.1) is 0 Å². The minimum atomic E-state index is -0.272. The molecule has 2 rings (SSSR count). The second kappa shape index (κ2) is 4.09. The molecule has 78 valence electrons. The number of hydrogen-bond donors (Lipinski definition) is 2. The summed E-state index contributed by atoms with van der Waals surface area (Å²) in [4.78, 5) is 15.3. The Bertz CT molecular complexity index is 451. The maximum atomic E-state index is 11.5. The summed E-state index contributed by atoms with van der Waals surface area (Å²) < 4.78 is 4.62. The van der Waals surface area contributed by atoms with Gasteiger partial charge in [0.25, 0.3) is 5.91 Å². The van der Waals surface area contributed by atoms with E-state index in [1.807, 2.05) is 0 Å². The molecule has 0 aliphatic carbocycles. The highest BCUT2D eigenvalue weighted by atomic mass is 32.1. The first kappa shape index (κ1) is 9.66. The Morgan fingerprint density at radius 2 is 2.53 bits per heavy atom. The largest absolute Gasteiger partial charge is 0.375 e. The Morgan fingerprint density at radius 1 is 1.67 bits per heavy atom. The highest BCUT2D eigenvalue weighted by Crippen LogP contribution is 2.10. The zero-order valence-corrected chi connectivity index (χ0v) is 8.45. The van der Waals surface area contributed by atoms with Crippen molar-refractivity contribution >= 4 is 22.4 Å². The lowest BCUT2D eigenvalue weighted by Crippen LogP contribution is -2.23. The predicted molar refractivity (Wildman–Crippen MR) is 54.2 cm³/mol. The Kier molecular flexibility index (Phi) is 2.64. The molecule has 2 aromatic rings. The number of hydrogen-bond acceptors (Lipinski definition) is 6. The van der Waals surface area contributed by atoms with E-state index >= 15 is 0 Å². The number of aromatic nitrogens is 2. The number of rotatable bonds is 3. The lowest BCUT2D eigenvalue weighted by Gasteiger charge is -1.98. The molecule has 7 heteroatoms. The summed E-state index contributed by atoms with van der Waals surface area (Å²) in [6, 6.07) is 1.68. The molecule has 0 radical (unpaired) electrons. The van der Waals surface area contributed by atoms with E-state index in [1.54, 1.807) is 11.4 Å². The van der Waals surface area contributed by atoms with Crippen molar-refractivity contribution in [3.8, 4) is 0 Å². The molecule has 0 saturated heterocycles. The molecule has 2 heterocycles. The maximum Gasteiger partial charge on any atom is 0.271 e. The number of amides is 1. The van der Waals surface area contributed by atoms with Gasteiger partial charge in [-0.3, -0.25) is 4.79 Å². The van der Waals surface area contributed by atoms with Gasteiger partial charge in [0.1, 0.15) is 17.7 Å². The number of nitrogens with one attached hydrogen (secondary N) is 1. The summed E-state index contributed by atoms with van der Waals surface area (Å²) in [5.74, 6) is -0.272. The van der Waals surface area contributed by atoms with Crippen molar-refractivity contribution in [3.63, 3.8) is 0 Å². The van der Waals surface area contributed by atoms with Crippen molar-refractivity contribution in [2.75, 3.05) is 5.73 Å². The van der Waals surface area contributed by atoms with Gasteiger partial charge in [-0.15, -0.1) is 11.3 Å². The van der Waals surface area contributed by atoms with E-state index < -0.39 is 0 Å². The lowest BCUT2D eigenvalue weighted by molar-refractivity contribution is 0.0946. The van der Waals surface area contributed by atoms with Gasteiger partial charge in [0.05, 0.1) is 6.54 Å². The third-order valence-corrected chi connectivity index (χ3v) is 2.35. The molecule has 0 atom stereocenters. The molecular formula is C8H8N4O2S. The zero-order chi connectivity index (χ0) is 10.7. The quantitative estimate of drug-likeness (QED) is 0.798. The van der Waals surface area contributed by atoms with Crippen LogP contribution in [0.2, 0.25) is 0 Å². The highest BCUT2D eigenvalue weighted by molar-refractivity contribution is 7.13. The Hall–Kier alpha value is -1.89. The number of nitrogens with zero attached hydrogens (tertiary/aromatic N) is 2. The van der Waals surface area contributed by atoms with Crippen LogP contribution in [0.15, 0.2) is 22.2 Å². The number of nitrogens with two attached hydrogens (primary N) is 1. The van der Waals surface area contributed by atoms with Gasteiger partial charge in [0.2, 0.25) is 0 Å². The van der Waals surface area contributed by atoms with Crippen molar-refractivity contribution in [1.82, 2.24) is 15.5 Å². The number of nitrogen functional groups attached to an aromatic ring is 1. The number of carbonyl (C=O) groups excluding carboxylic acids is 1. The van der Waals surface area contributed by atoms with Gasteiger partial charge in [0, 0.05) is 11.4 Å². The lowest BCUT2D eigenvalue weighted by atomic mass is 10.4. The first-order valence-corrected chi connectivity index (χ1v) is 5.02. The standard InChI is InChI=1S/C8H8N4O2S/c9-8-11-6(4-15-8)7(13)10-3-5-1-2-14-12-5/h1-2,4H,3H2,(H2,9,11)(H,10,13). The molecule has 6 nitrogen and oxygen atoms in total. The van der Waals surface area contributed by atoms with E-state index in [0.717, 1.165) is 0 Å². The average Bonchev–Trinajstić information content (AvgIpc) is 2.84. The third-order valence-electron chi connectivity index (χ3n) is 1.68. The third kappa shape index (κ3) is 2.32. The second-order valence-electron chi connectivity index (χ2n) is 2.74. The first-order valence-electron chi connectivity index (χ1n) is 4.14. The van der Waals surface area contributed by atoms with Crippen LogP contribution in [-0.2, 0) is 6.54 Å². The minimum Gasteiger partial charge on any atom is -0.375 e.